The van der Waals surface area contributed by atoms with E-state index in [-0.39, 0.29) is 0 Å². The second-order valence-corrected chi connectivity index (χ2v) is 7.90. The van der Waals surface area contributed by atoms with Crippen LogP contribution in [0.3, 0.4) is 0 Å². The summed E-state index contributed by atoms with van der Waals surface area (Å²) < 4.78 is 2.24. The number of rotatable bonds is 1. The van der Waals surface area contributed by atoms with Gasteiger partial charge in [0.1, 0.15) is 11.6 Å². The Balaban J connectivity index is 1.74. The van der Waals surface area contributed by atoms with Crippen molar-refractivity contribution in [2.24, 2.45) is 0 Å². The standard InChI is InChI=1S/C28H17N3/c1-8-16-26-18(9-1)17-23-21-12-5-7-15-25(21)30-28(23)31(26)27-22-13-3-2-10-19(22)20-11-4-6-14-24(20)29-27/h1-17H. The van der Waals surface area contributed by atoms with Gasteiger partial charge in [0.25, 0.3) is 0 Å². The van der Waals surface area contributed by atoms with Gasteiger partial charge >= 0.3 is 0 Å². The molecule has 144 valence electrons. The monoisotopic (exact) mass is 395 g/mol. The van der Waals surface area contributed by atoms with Crippen LogP contribution in [-0.2, 0) is 0 Å². The van der Waals surface area contributed by atoms with Crippen LogP contribution in [0.5, 0.6) is 0 Å². The van der Waals surface area contributed by atoms with Crippen molar-refractivity contribution in [2.45, 2.75) is 0 Å². The number of fused-ring (bicyclic) bond motifs is 7. The zero-order chi connectivity index (χ0) is 20.4. The molecule has 4 aromatic carbocycles. The maximum absolute atomic E-state index is 5.17. The van der Waals surface area contributed by atoms with Crippen LogP contribution in [-0.4, -0.2) is 14.5 Å². The summed E-state index contributed by atoms with van der Waals surface area (Å²) in [5, 5.41) is 5.83. The van der Waals surface area contributed by atoms with E-state index < -0.39 is 0 Å². The molecule has 0 bridgehead atoms. The van der Waals surface area contributed by atoms with E-state index in [2.05, 4.69) is 95.6 Å². The van der Waals surface area contributed by atoms with E-state index in [4.69, 9.17) is 9.97 Å². The molecule has 31 heavy (non-hydrogen) atoms. The van der Waals surface area contributed by atoms with Crippen LogP contribution in [0.1, 0.15) is 0 Å². The van der Waals surface area contributed by atoms with Crippen molar-refractivity contribution in [1.29, 1.82) is 0 Å². The van der Waals surface area contributed by atoms with E-state index in [0.717, 1.165) is 39.1 Å². The minimum absolute atomic E-state index is 0.916. The Morgan fingerprint density at radius 3 is 1.97 bits per heavy atom. The predicted octanol–water partition coefficient (Wildman–Crippen LogP) is 6.98. The third-order valence-electron chi connectivity index (χ3n) is 6.15. The number of hydrogen-bond acceptors (Lipinski definition) is 2. The molecule has 2 aliphatic rings. The van der Waals surface area contributed by atoms with Crippen LogP contribution in [0.4, 0.5) is 0 Å². The topological polar surface area (TPSA) is 30.7 Å². The highest BCUT2D eigenvalue weighted by Gasteiger charge is 2.21. The predicted molar refractivity (Wildman–Crippen MR) is 128 cm³/mol. The van der Waals surface area contributed by atoms with Crippen molar-refractivity contribution < 1.29 is 0 Å². The molecule has 0 spiro atoms. The summed E-state index contributed by atoms with van der Waals surface area (Å²) in [6.45, 7) is 0. The first-order valence-electron chi connectivity index (χ1n) is 10.5. The maximum atomic E-state index is 5.17. The van der Waals surface area contributed by atoms with Gasteiger partial charge in [0.2, 0.25) is 0 Å². The van der Waals surface area contributed by atoms with Crippen molar-refractivity contribution >= 4 is 43.5 Å². The van der Waals surface area contributed by atoms with Gasteiger partial charge in [-0.15, -0.1) is 0 Å². The average Bonchev–Trinajstić information content (AvgIpc) is 3.20. The quantitative estimate of drug-likeness (QED) is 0.281. The lowest BCUT2D eigenvalue weighted by Crippen LogP contribution is -2.06. The largest absolute Gasteiger partial charge is 0.277 e. The van der Waals surface area contributed by atoms with Crippen molar-refractivity contribution in [3.63, 3.8) is 0 Å². The van der Waals surface area contributed by atoms with Gasteiger partial charge in [0.15, 0.2) is 0 Å². The number of para-hydroxylation sites is 3. The Bertz CT molecular complexity index is 1740. The molecular weight excluding hydrogens is 378 g/mol. The highest BCUT2D eigenvalue weighted by atomic mass is 15.1. The first-order chi connectivity index (χ1) is 15.4. The highest BCUT2D eigenvalue weighted by molar-refractivity contribution is 6.10. The number of hydrogen-bond donors (Lipinski definition) is 0. The Morgan fingerprint density at radius 2 is 1.13 bits per heavy atom. The molecule has 3 heteroatoms. The SMILES string of the molecule is c1ccc2c(c1)cc1c3ccccc3nc-1n2-c1nc2ccccc2c2ccccc12. The van der Waals surface area contributed by atoms with Crippen LogP contribution in [0.2, 0.25) is 0 Å². The first kappa shape index (κ1) is 16.5. The van der Waals surface area contributed by atoms with Crippen molar-refractivity contribution in [2.75, 3.05) is 0 Å². The summed E-state index contributed by atoms with van der Waals surface area (Å²) in [4.78, 5) is 10.2. The molecule has 0 atom stereocenters. The number of benzene rings is 4. The molecule has 0 radical (unpaired) electrons. The van der Waals surface area contributed by atoms with Crippen molar-refractivity contribution in [3.05, 3.63) is 103 Å². The van der Waals surface area contributed by atoms with E-state index in [1.807, 2.05) is 12.1 Å². The molecule has 7 rings (SSSR count). The molecule has 0 amide bonds. The number of aromatic nitrogens is 3. The van der Waals surface area contributed by atoms with E-state index >= 15 is 0 Å². The van der Waals surface area contributed by atoms with E-state index in [1.165, 1.54) is 21.5 Å². The second-order valence-electron chi connectivity index (χ2n) is 7.90. The molecule has 5 aromatic rings. The second kappa shape index (κ2) is 6.13. The van der Waals surface area contributed by atoms with Gasteiger partial charge in [0, 0.05) is 21.7 Å². The zero-order valence-corrected chi connectivity index (χ0v) is 16.7. The fourth-order valence-electron chi connectivity index (χ4n) is 4.76. The maximum Gasteiger partial charge on any atom is 0.147 e. The lowest BCUT2D eigenvalue weighted by molar-refractivity contribution is 1.04. The number of nitrogens with zero attached hydrogens (tertiary/aromatic N) is 3. The van der Waals surface area contributed by atoms with Gasteiger partial charge in [-0.05, 0) is 35.0 Å². The summed E-state index contributed by atoms with van der Waals surface area (Å²) in [7, 11) is 0. The van der Waals surface area contributed by atoms with Crippen LogP contribution >= 0.6 is 0 Å². The normalized spacial score (nSPS) is 11.9. The summed E-state index contributed by atoms with van der Waals surface area (Å²) in [6, 6.07) is 36.0. The van der Waals surface area contributed by atoms with Gasteiger partial charge in [-0.1, -0.05) is 78.9 Å². The molecule has 0 unspecified atom stereocenters. The molecule has 0 N–H and O–H groups in total. The molecule has 0 aliphatic carbocycles. The Morgan fingerprint density at radius 1 is 0.516 bits per heavy atom. The van der Waals surface area contributed by atoms with Gasteiger partial charge in [0.05, 0.1) is 16.6 Å². The van der Waals surface area contributed by atoms with Crippen LogP contribution in [0.15, 0.2) is 103 Å². The highest BCUT2D eigenvalue weighted by Crippen LogP contribution is 2.38. The lowest BCUT2D eigenvalue weighted by atomic mass is 10.0. The molecule has 2 aliphatic heterocycles. The van der Waals surface area contributed by atoms with E-state index in [1.54, 1.807) is 0 Å². The fraction of sp³-hybridized carbons (Fsp3) is 0. The number of pyridine rings is 2. The zero-order valence-electron chi connectivity index (χ0n) is 16.7. The fourth-order valence-corrected chi connectivity index (χ4v) is 4.76. The minimum Gasteiger partial charge on any atom is -0.277 e. The Kier molecular flexibility index (Phi) is 3.27. The first-order valence-corrected chi connectivity index (χ1v) is 10.5. The average molecular weight is 395 g/mol. The Hall–Kier alpha value is -4.24. The minimum atomic E-state index is 0.916. The van der Waals surface area contributed by atoms with Crippen LogP contribution in [0.25, 0.3) is 60.7 Å². The molecule has 0 fully saturated rings. The van der Waals surface area contributed by atoms with Crippen molar-refractivity contribution in [1.82, 2.24) is 14.5 Å². The van der Waals surface area contributed by atoms with Gasteiger partial charge < -0.3 is 0 Å². The van der Waals surface area contributed by atoms with Crippen LogP contribution in [0, 0.1) is 0 Å². The summed E-state index contributed by atoms with van der Waals surface area (Å²) in [5.41, 5.74) is 4.24. The van der Waals surface area contributed by atoms with Crippen molar-refractivity contribution in [3.8, 4) is 17.2 Å². The molecule has 1 aromatic heterocycles. The molecule has 3 heterocycles. The van der Waals surface area contributed by atoms with E-state index in [9.17, 15) is 0 Å². The van der Waals surface area contributed by atoms with Gasteiger partial charge in [-0.2, -0.15) is 0 Å². The third-order valence-corrected chi connectivity index (χ3v) is 6.15. The summed E-state index contributed by atoms with van der Waals surface area (Å²) >= 11 is 0. The van der Waals surface area contributed by atoms with Gasteiger partial charge in [-0.25, -0.2) is 9.97 Å². The molecule has 3 nitrogen and oxygen atoms in total. The summed E-state index contributed by atoms with van der Waals surface area (Å²) in [6.07, 6.45) is 0. The van der Waals surface area contributed by atoms with E-state index in [0.29, 0.717) is 0 Å². The summed E-state index contributed by atoms with van der Waals surface area (Å²) in [5.74, 6) is 1.85. The van der Waals surface area contributed by atoms with Crippen LogP contribution < -0.4 is 0 Å². The lowest BCUT2D eigenvalue weighted by Gasteiger charge is -2.18. The molecule has 0 saturated carbocycles. The smallest absolute Gasteiger partial charge is 0.147 e. The van der Waals surface area contributed by atoms with Gasteiger partial charge in [-0.3, -0.25) is 4.57 Å². The molecular formula is C28H17N3. The Labute approximate surface area is 178 Å². The molecule has 0 saturated heterocycles. The third kappa shape index (κ3) is 2.29.